The van der Waals surface area contributed by atoms with Gasteiger partial charge >= 0.3 is 6.18 Å². The van der Waals surface area contributed by atoms with Gasteiger partial charge in [-0.3, -0.25) is 0 Å². The zero-order valence-corrected chi connectivity index (χ0v) is 12.0. The summed E-state index contributed by atoms with van der Waals surface area (Å²) in [6, 6.07) is 0. The summed E-state index contributed by atoms with van der Waals surface area (Å²) in [6.45, 7) is 0.544. The van der Waals surface area contributed by atoms with Crippen LogP contribution in [-0.4, -0.2) is 38.3 Å². The molecule has 0 aromatic carbocycles. The largest absolute Gasteiger partial charge is 0.405 e. The summed E-state index contributed by atoms with van der Waals surface area (Å²) in [6.07, 6.45) is -3.09. The van der Waals surface area contributed by atoms with E-state index in [2.05, 4.69) is 4.37 Å². The van der Waals surface area contributed by atoms with Crippen LogP contribution in [0.4, 0.5) is 24.0 Å². The Kier molecular flexibility index (Phi) is 4.67. The highest BCUT2D eigenvalue weighted by atomic mass is 32.2. The van der Waals surface area contributed by atoms with Crippen molar-refractivity contribution in [2.24, 2.45) is 0 Å². The van der Waals surface area contributed by atoms with Gasteiger partial charge in [-0.05, 0) is 18.0 Å². The van der Waals surface area contributed by atoms with Crippen molar-refractivity contribution in [3.05, 3.63) is 0 Å². The molecule has 0 amide bonds. The Morgan fingerprint density at radius 1 is 1.42 bits per heavy atom. The van der Waals surface area contributed by atoms with Crippen molar-refractivity contribution in [1.29, 1.82) is 0 Å². The molecule has 19 heavy (non-hydrogen) atoms. The molecular formula is C9H14F3N3O2S2. The average Bonchev–Trinajstić information content (AvgIpc) is 2.56. The van der Waals surface area contributed by atoms with Gasteiger partial charge in [0.2, 0.25) is 0 Å². The first-order chi connectivity index (χ1) is 8.56. The number of alkyl halides is 3. The molecule has 0 fully saturated rings. The smallest absolute Gasteiger partial charge is 0.382 e. The van der Waals surface area contributed by atoms with Crippen molar-refractivity contribution >= 4 is 32.2 Å². The minimum atomic E-state index is -4.43. The van der Waals surface area contributed by atoms with Crippen LogP contribution in [0.1, 0.15) is 13.3 Å². The van der Waals surface area contributed by atoms with E-state index >= 15 is 0 Å². The van der Waals surface area contributed by atoms with Gasteiger partial charge in [0.15, 0.2) is 15.7 Å². The molecule has 1 heterocycles. The fraction of sp³-hybridized carbons (Fsp3) is 0.667. The Morgan fingerprint density at radius 3 is 2.42 bits per heavy atom. The van der Waals surface area contributed by atoms with Gasteiger partial charge in [0.25, 0.3) is 0 Å². The molecule has 0 aliphatic heterocycles. The maximum Gasteiger partial charge on any atom is 0.405 e. The molecule has 1 aromatic heterocycles. The number of nitrogen functional groups attached to an aromatic ring is 1. The summed E-state index contributed by atoms with van der Waals surface area (Å²) in [7, 11) is -3.73. The van der Waals surface area contributed by atoms with Crippen LogP contribution in [0.2, 0.25) is 0 Å². The van der Waals surface area contributed by atoms with Gasteiger partial charge in [-0.2, -0.15) is 17.5 Å². The molecule has 110 valence electrons. The Labute approximate surface area is 113 Å². The van der Waals surface area contributed by atoms with Crippen molar-refractivity contribution in [3.8, 4) is 0 Å². The molecule has 0 bridgehead atoms. The van der Waals surface area contributed by atoms with Crippen molar-refractivity contribution in [2.75, 3.05) is 30.0 Å². The van der Waals surface area contributed by atoms with Crippen LogP contribution in [0.3, 0.4) is 0 Å². The number of sulfone groups is 1. The Bertz CT molecular complexity index is 539. The highest BCUT2D eigenvalue weighted by Gasteiger charge is 2.34. The van der Waals surface area contributed by atoms with Gasteiger partial charge in [-0.25, -0.2) is 8.42 Å². The summed E-state index contributed by atoms with van der Waals surface area (Å²) in [5, 5.41) is -0.0563. The maximum atomic E-state index is 12.5. The van der Waals surface area contributed by atoms with E-state index in [9.17, 15) is 21.6 Å². The molecule has 0 saturated heterocycles. The van der Waals surface area contributed by atoms with E-state index < -0.39 is 22.6 Å². The van der Waals surface area contributed by atoms with Crippen LogP contribution in [0.5, 0.6) is 0 Å². The molecular weight excluding hydrogens is 303 g/mol. The minimum Gasteiger partial charge on any atom is -0.382 e. The van der Waals surface area contributed by atoms with Crippen LogP contribution in [0, 0.1) is 0 Å². The van der Waals surface area contributed by atoms with E-state index in [1.54, 1.807) is 6.92 Å². The third kappa shape index (κ3) is 4.23. The van der Waals surface area contributed by atoms with Gasteiger partial charge in [0, 0.05) is 12.8 Å². The molecule has 0 atom stereocenters. The molecule has 0 aliphatic rings. The van der Waals surface area contributed by atoms with Crippen LogP contribution in [-0.2, 0) is 9.84 Å². The second-order valence-electron chi connectivity index (χ2n) is 4.01. The van der Waals surface area contributed by atoms with E-state index in [0.717, 1.165) is 11.2 Å². The number of halogens is 3. The molecule has 10 heteroatoms. The molecule has 0 aliphatic carbocycles. The van der Waals surface area contributed by atoms with Gasteiger partial charge in [-0.15, -0.1) is 0 Å². The molecule has 0 unspecified atom stereocenters. The van der Waals surface area contributed by atoms with E-state index in [0.29, 0.717) is 18.0 Å². The third-order valence-electron chi connectivity index (χ3n) is 2.18. The number of hydrogen-bond acceptors (Lipinski definition) is 6. The van der Waals surface area contributed by atoms with Gasteiger partial charge in [0.05, 0.1) is 0 Å². The zero-order chi connectivity index (χ0) is 14.8. The molecule has 2 N–H and O–H groups in total. The molecule has 0 radical (unpaired) electrons. The molecule has 5 nitrogen and oxygen atoms in total. The van der Waals surface area contributed by atoms with Crippen molar-refractivity contribution in [2.45, 2.75) is 24.4 Å². The predicted molar refractivity (Wildman–Crippen MR) is 68.2 cm³/mol. The third-order valence-corrected chi connectivity index (χ3v) is 4.38. The van der Waals surface area contributed by atoms with E-state index in [1.165, 1.54) is 0 Å². The first-order valence-electron chi connectivity index (χ1n) is 5.33. The summed E-state index contributed by atoms with van der Waals surface area (Å²) in [5.74, 6) is -0.259. The zero-order valence-electron chi connectivity index (χ0n) is 10.4. The number of nitrogens with two attached hydrogens (primary N) is 1. The minimum absolute atomic E-state index is 0.0563. The number of hydrogen-bond donors (Lipinski definition) is 1. The standard InChI is InChI=1S/C9H14F3N3O2S2/c1-3-4-15(5-9(10,11)12)8-6(19(2,16)17)7(13)14-18-8/h3-5H2,1-2H3,(H2,13,14). The summed E-state index contributed by atoms with van der Waals surface area (Å²) >= 11 is 0.664. The van der Waals surface area contributed by atoms with Crippen LogP contribution < -0.4 is 10.6 Å². The number of aromatic nitrogens is 1. The number of nitrogens with zero attached hydrogens (tertiary/aromatic N) is 2. The SMILES string of the molecule is CCCN(CC(F)(F)F)c1snc(N)c1S(C)(=O)=O. The van der Waals surface area contributed by atoms with Crippen LogP contribution in [0.25, 0.3) is 0 Å². The quantitative estimate of drug-likeness (QED) is 0.897. The lowest BCUT2D eigenvalue weighted by Gasteiger charge is -2.24. The number of anilines is 2. The predicted octanol–water partition coefficient (Wildman–Crippen LogP) is 1.91. The van der Waals surface area contributed by atoms with Crippen molar-refractivity contribution in [3.63, 3.8) is 0 Å². The lowest BCUT2D eigenvalue weighted by Crippen LogP contribution is -2.35. The van der Waals surface area contributed by atoms with E-state index in [-0.39, 0.29) is 22.3 Å². The summed E-state index contributed by atoms with van der Waals surface area (Å²) in [5.41, 5.74) is 5.44. The number of rotatable bonds is 5. The lowest BCUT2D eigenvalue weighted by atomic mass is 10.4. The summed E-state index contributed by atoms with van der Waals surface area (Å²) in [4.78, 5) is 0.625. The highest BCUT2D eigenvalue weighted by molar-refractivity contribution is 7.91. The van der Waals surface area contributed by atoms with Crippen LogP contribution >= 0.6 is 11.5 Å². The fourth-order valence-corrected chi connectivity index (χ4v) is 3.80. The first-order valence-corrected chi connectivity index (χ1v) is 7.99. The summed E-state index contributed by atoms with van der Waals surface area (Å²) < 4.78 is 64.4. The van der Waals surface area contributed by atoms with Crippen molar-refractivity contribution in [1.82, 2.24) is 4.37 Å². The van der Waals surface area contributed by atoms with Gasteiger partial charge in [-0.1, -0.05) is 6.92 Å². The normalized spacial score (nSPS) is 12.7. The molecule has 1 rings (SSSR count). The first kappa shape index (κ1) is 16.0. The van der Waals surface area contributed by atoms with Crippen LogP contribution in [0.15, 0.2) is 4.90 Å². The molecule has 1 aromatic rings. The average molecular weight is 317 g/mol. The maximum absolute atomic E-state index is 12.5. The van der Waals surface area contributed by atoms with Gasteiger partial charge in [0.1, 0.15) is 16.4 Å². The molecule has 0 saturated carbocycles. The lowest BCUT2D eigenvalue weighted by molar-refractivity contribution is -0.119. The molecule has 0 spiro atoms. The van der Waals surface area contributed by atoms with Gasteiger partial charge < -0.3 is 10.6 Å². The second-order valence-corrected chi connectivity index (χ2v) is 6.72. The Hall–Kier alpha value is -1.03. The highest BCUT2D eigenvalue weighted by Crippen LogP contribution is 2.36. The van der Waals surface area contributed by atoms with E-state index in [1.807, 2.05) is 0 Å². The van der Waals surface area contributed by atoms with E-state index in [4.69, 9.17) is 5.73 Å². The monoisotopic (exact) mass is 317 g/mol. The Morgan fingerprint density at radius 2 is 2.00 bits per heavy atom. The second kappa shape index (κ2) is 5.53. The van der Waals surface area contributed by atoms with Crippen molar-refractivity contribution < 1.29 is 21.6 Å². The topological polar surface area (TPSA) is 76.3 Å². The Balaban J connectivity index is 3.25. The fourth-order valence-electron chi connectivity index (χ4n) is 1.57.